The molecule has 0 radical (unpaired) electrons. The Morgan fingerprint density at radius 1 is 1.10 bits per heavy atom. The average Bonchev–Trinajstić information content (AvgIpc) is 3.34. The second-order valence-corrected chi connectivity index (χ2v) is 7.36. The molecule has 1 N–H and O–H groups in total. The summed E-state index contributed by atoms with van der Waals surface area (Å²) in [6.07, 6.45) is 3.10. The molecule has 9 heteroatoms. The number of nitrogens with one attached hydrogen (secondary N) is 1. The van der Waals surface area contributed by atoms with Crippen molar-refractivity contribution in [3.05, 3.63) is 72.3 Å². The molecule has 0 saturated carbocycles. The van der Waals surface area contributed by atoms with Gasteiger partial charge in [0.25, 0.3) is 11.8 Å². The highest BCUT2D eigenvalue weighted by Gasteiger charge is 2.29. The van der Waals surface area contributed by atoms with Crippen LogP contribution in [0.2, 0.25) is 0 Å². The fraction of sp³-hybridized carbons (Fsp3) is 0.227. The molecule has 4 rings (SSSR count). The lowest BCUT2D eigenvalue weighted by Gasteiger charge is -2.31. The molecule has 1 atom stereocenters. The average molecular weight is 417 g/mol. The van der Waals surface area contributed by atoms with Crippen LogP contribution in [0.1, 0.15) is 24.1 Å². The van der Waals surface area contributed by atoms with Crippen LogP contribution in [0.15, 0.2) is 66.2 Å². The van der Waals surface area contributed by atoms with Crippen LogP contribution in [0.4, 0.5) is 5.69 Å². The molecule has 9 nitrogen and oxygen atoms in total. The van der Waals surface area contributed by atoms with E-state index in [2.05, 4.69) is 20.5 Å². The van der Waals surface area contributed by atoms with E-state index < -0.39 is 0 Å². The van der Waals surface area contributed by atoms with Crippen LogP contribution in [0.25, 0.3) is 5.69 Å². The molecule has 0 aliphatic carbocycles. The molecule has 1 aromatic heterocycles. The van der Waals surface area contributed by atoms with Gasteiger partial charge in [0.1, 0.15) is 19.2 Å². The van der Waals surface area contributed by atoms with E-state index in [4.69, 9.17) is 0 Å². The number of rotatable bonds is 5. The van der Waals surface area contributed by atoms with E-state index in [9.17, 15) is 9.59 Å². The van der Waals surface area contributed by atoms with Crippen LogP contribution >= 0.6 is 0 Å². The first-order valence-electron chi connectivity index (χ1n) is 9.87. The van der Waals surface area contributed by atoms with Crippen molar-refractivity contribution in [2.75, 3.05) is 18.6 Å². The summed E-state index contributed by atoms with van der Waals surface area (Å²) < 4.78 is 1.67. The van der Waals surface area contributed by atoms with Crippen molar-refractivity contribution in [2.45, 2.75) is 19.9 Å². The van der Waals surface area contributed by atoms with E-state index in [1.54, 1.807) is 23.0 Å². The van der Waals surface area contributed by atoms with Crippen molar-refractivity contribution in [1.82, 2.24) is 25.1 Å². The van der Waals surface area contributed by atoms with Crippen molar-refractivity contribution in [3.8, 4) is 5.69 Å². The van der Waals surface area contributed by atoms with Gasteiger partial charge in [-0.15, -0.1) is 0 Å². The molecule has 2 aromatic carbocycles. The number of aliphatic imine (C=N–C) groups is 1. The van der Waals surface area contributed by atoms with Crippen LogP contribution in [0, 0.1) is 6.92 Å². The number of benzene rings is 2. The minimum Gasteiger partial charge on any atom is -0.332 e. The summed E-state index contributed by atoms with van der Waals surface area (Å²) in [5.41, 5.74) is 6.47. The number of anilines is 1. The predicted molar refractivity (Wildman–Crippen MR) is 117 cm³/mol. The molecule has 0 bridgehead atoms. The van der Waals surface area contributed by atoms with E-state index in [1.807, 2.05) is 62.4 Å². The number of aryl methyl sites for hydroxylation is 1. The summed E-state index contributed by atoms with van der Waals surface area (Å²) in [4.78, 5) is 35.1. The van der Waals surface area contributed by atoms with Crippen molar-refractivity contribution < 1.29 is 9.59 Å². The van der Waals surface area contributed by atoms with E-state index in [0.29, 0.717) is 5.69 Å². The molecular formula is C22H23N7O2. The lowest BCUT2D eigenvalue weighted by Crippen LogP contribution is -2.56. The van der Waals surface area contributed by atoms with Crippen LogP contribution in [-0.2, 0) is 9.59 Å². The van der Waals surface area contributed by atoms with Crippen LogP contribution in [-0.4, -0.2) is 50.9 Å². The van der Waals surface area contributed by atoms with Gasteiger partial charge in [-0.1, -0.05) is 29.8 Å². The third-order valence-corrected chi connectivity index (χ3v) is 5.29. The van der Waals surface area contributed by atoms with E-state index in [1.165, 1.54) is 11.3 Å². The van der Waals surface area contributed by atoms with Gasteiger partial charge in [-0.05, 0) is 43.7 Å². The largest absolute Gasteiger partial charge is 0.332 e. The molecule has 2 heterocycles. The molecule has 1 aliphatic heterocycles. The summed E-state index contributed by atoms with van der Waals surface area (Å²) in [7, 11) is 1.72. The zero-order chi connectivity index (χ0) is 22.0. The first kappa shape index (κ1) is 20.3. The number of hydrazine groups is 1. The number of carbonyl (C=O) groups is 2. The minimum absolute atomic E-state index is 0.0865. The van der Waals surface area contributed by atoms with Gasteiger partial charge in [-0.3, -0.25) is 20.0 Å². The highest BCUT2D eigenvalue weighted by atomic mass is 16.2. The number of carbonyl (C=O) groups excluding carboxylic acids is 2. The van der Waals surface area contributed by atoms with Crippen molar-refractivity contribution in [2.24, 2.45) is 4.99 Å². The normalized spacial score (nSPS) is 14.6. The number of amidine groups is 1. The maximum absolute atomic E-state index is 13.1. The number of hydrogen-bond donors (Lipinski definition) is 1. The molecule has 0 saturated heterocycles. The monoisotopic (exact) mass is 417 g/mol. The van der Waals surface area contributed by atoms with Gasteiger partial charge in [0.15, 0.2) is 0 Å². The maximum Gasteiger partial charge on any atom is 0.290 e. The first-order valence-corrected chi connectivity index (χ1v) is 9.87. The van der Waals surface area contributed by atoms with E-state index >= 15 is 0 Å². The quantitative estimate of drug-likeness (QED) is 0.685. The van der Waals surface area contributed by atoms with E-state index in [0.717, 1.165) is 16.8 Å². The fourth-order valence-electron chi connectivity index (χ4n) is 3.25. The van der Waals surface area contributed by atoms with Gasteiger partial charge >= 0.3 is 0 Å². The van der Waals surface area contributed by atoms with Crippen LogP contribution < -0.4 is 10.4 Å². The lowest BCUT2D eigenvalue weighted by atomic mass is 10.1. The Labute approximate surface area is 180 Å². The third-order valence-electron chi connectivity index (χ3n) is 5.29. The SMILES string of the molecule is Cc1ccc(N2NC(C(=O)N(C)C(C)c3ccc(-n4cncn4)cc3)=NCC2=O)cc1. The Bertz CT molecular complexity index is 1110. The number of nitrogens with zero attached hydrogens (tertiary/aromatic N) is 6. The number of hydrogen-bond acceptors (Lipinski definition) is 6. The highest BCUT2D eigenvalue weighted by Crippen LogP contribution is 2.21. The Morgan fingerprint density at radius 3 is 2.42 bits per heavy atom. The van der Waals surface area contributed by atoms with Crippen molar-refractivity contribution in [1.29, 1.82) is 0 Å². The molecule has 0 spiro atoms. The summed E-state index contributed by atoms with van der Waals surface area (Å²) in [5, 5.41) is 5.48. The van der Waals surface area contributed by atoms with Gasteiger partial charge in [0.2, 0.25) is 5.84 Å². The number of amides is 2. The number of aromatic nitrogens is 3. The summed E-state index contributed by atoms with van der Waals surface area (Å²) >= 11 is 0. The lowest BCUT2D eigenvalue weighted by molar-refractivity contribution is -0.125. The molecule has 0 fully saturated rings. The van der Waals surface area contributed by atoms with E-state index in [-0.39, 0.29) is 30.2 Å². The summed E-state index contributed by atoms with van der Waals surface area (Å²) in [6.45, 7) is 3.83. The van der Waals surface area contributed by atoms with Gasteiger partial charge < -0.3 is 4.90 Å². The minimum atomic E-state index is -0.294. The molecule has 3 aromatic rings. The molecule has 2 amide bonds. The highest BCUT2D eigenvalue weighted by molar-refractivity contribution is 6.39. The second-order valence-electron chi connectivity index (χ2n) is 7.36. The van der Waals surface area contributed by atoms with Gasteiger partial charge in [0, 0.05) is 7.05 Å². The predicted octanol–water partition coefficient (Wildman–Crippen LogP) is 2.05. The van der Waals surface area contributed by atoms with Crippen LogP contribution in [0.3, 0.4) is 0 Å². The molecule has 1 aliphatic rings. The zero-order valence-corrected chi connectivity index (χ0v) is 17.6. The Balaban J connectivity index is 1.48. The smallest absolute Gasteiger partial charge is 0.290 e. The standard InChI is InChI=1S/C22H23N7O2/c1-15-4-8-19(9-5-15)29-20(30)12-24-21(26-29)22(31)27(3)16(2)17-6-10-18(11-7-17)28-14-23-13-25-28/h4-11,13-14,16H,12H2,1-3H3,(H,24,26). The topological polar surface area (TPSA) is 95.7 Å². The molecule has 31 heavy (non-hydrogen) atoms. The summed E-state index contributed by atoms with van der Waals surface area (Å²) in [6, 6.07) is 15.0. The van der Waals surface area contributed by atoms with Gasteiger partial charge in [-0.2, -0.15) is 5.10 Å². The Hall–Kier alpha value is -4.01. The molecular weight excluding hydrogens is 394 g/mol. The van der Waals surface area contributed by atoms with Gasteiger partial charge in [0.05, 0.1) is 17.4 Å². The zero-order valence-electron chi connectivity index (χ0n) is 17.6. The third kappa shape index (κ3) is 4.16. The van der Waals surface area contributed by atoms with Crippen molar-refractivity contribution >= 4 is 23.3 Å². The Morgan fingerprint density at radius 2 is 1.77 bits per heavy atom. The molecule has 1 unspecified atom stereocenters. The first-order chi connectivity index (χ1) is 14.9. The van der Waals surface area contributed by atoms with Crippen LogP contribution in [0.5, 0.6) is 0 Å². The second kappa shape index (κ2) is 8.39. The number of likely N-dealkylation sites (N-methyl/N-ethyl adjacent to an activating group) is 1. The Kier molecular flexibility index (Phi) is 5.48. The summed E-state index contributed by atoms with van der Waals surface area (Å²) in [5.74, 6) is -0.383. The fourth-order valence-corrected chi connectivity index (χ4v) is 3.25. The maximum atomic E-state index is 13.1. The van der Waals surface area contributed by atoms with Gasteiger partial charge in [-0.25, -0.2) is 14.7 Å². The van der Waals surface area contributed by atoms with Crippen molar-refractivity contribution in [3.63, 3.8) is 0 Å². The molecule has 158 valence electrons.